The summed E-state index contributed by atoms with van der Waals surface area (Å²) in [6.45, 7) is -0.620. The molecule has 0 saturated carbocycles. The Hall–Kier alpha value is -0.730. The molecule has 0 bridgehead atoms. The van der Waals surface area contributed by atoms with Crippen molar-refractivity contribution in [1.29, 1.82) is 0 Å². The Morgan fingerprint density at radius 3 is 1.23 bits per heavy atom. The molecule has 0 amide bonds. The predicted octanol–water partition coefficient (Wildman–Crippen LogP) is 6.74. The maximum atomic E-state index is 11.8. The van der Waals surface area contributed by atoms with Crippen LogP contribution in [0.25, 0.3) is 0 Å². The van der Waals surface area contributed by atoms with E-state index in [1.807, 2.05) is 0 Å². The van der Waals surface area contributed by atoms with E-state index in [0.29, 0.717) is 6.90 Å². The number of rotatable bonds is 31. The maximum Gasteiger partial charge on any atom is 0.305 e. The normalized spacial score (nSPS) is 15.0. The maximum absolute atomic E-state index is 11.8. The van der Waals surface area contributed by atoms with Crippen molar-refractivity contribution in [3.8, 4) is 0 Å². The van der Waals surface area contributed by atoms with Crippen molar-refractivity contribution in [2.24, 2.45) is 0 Å². The van der Waals surface area contributed by atoms with Crippen LogP contribution in [0.5, 0.6) is 0 Å². The highest BCUT2D eigenvalue weighted by Gasteiger charge is 2.30. The fraction of sp³-hybridized carbons (Fsp3) is 0.970. The monoisotopic (exact) mass is 575 g/mol. The lowest BCUT2D eigenvalue weighted by atomic mass is 10.0. The molecule has 7 nitrogen and oxygen atoms in total. The first kappa shape index (κ1) is 37.3. The highest BCUT2D eigenvalue weighted by atomic mass is 16.5. The number of hydrogen-bond donors (Lipinski definition) is 5. The number of aliphatic hydroxyl groups is 5. The molecular weight excluding hydrogens is 508 g/mol. The van der Waals surface area contributed by atoms with Gasteiger partial charge in [-0.25, -0.2) is 0 Å². The van der Waals surface area contributed by atoms with Crippen molar-refractivity contribution in [3.05, 3.63) is 0 Å². The number of carbonyl (C=O) groups excluding carboxylic acids is 1. The smallest absolute Gasteiger partial charge is 0.305 e. The lowest BCUT2D eigenvalue weighted by molar-refractivity contribution is -0.156. The van der Waals surface area contributed by atoms with Crippen LogP contribution in [0.1, 0.15) is 169 Å². The Morgan fingerprint density at radius 1 is 0.550 bits per heavy atom. The molecule has 240 valence electrons. The number of aliphatic hydroxyl groups excluding tert-OH is 5. The summed E-state index contributed by atoms with van der Waals surface area (Å²) in [5, 5.41) is 47.1. The van der Waals surface area contributed by atoms with Gasteiger partial charge in [0, 0.05) is 7.79 Å². The van der Waals surface area contributed by atoms with Crippen LogP contribution in [-0.2, 0) is 9.53 Å². The zero-order valence-electron chi connectivity index (χ0n) is 26.7. The number of unbranched alkanes of at least 4 members (excludes halogenated alkanes) is 23. The van der Waals surface area contributed by atoms with E-state index in [1.54, 1.807) is 0 Å². The molecule has 0 aromatic heterocycles. The van der Waals surface area contributed by atoms with Gasteiger partial charge in [-0.3, -0.25) is 4.79 Å². The third-order valence-electron chi connectivity index (χ3n) is 7.87. The van der Waals surface area contributed by atoms with Crippen LogP contribution in [0.15, 0.2) is 0 Å². The van der Waals surface area contributed by atoms with Crippen LogP contribution in [0.4, 0.5) is 0 Å². The molecule has 0 radical (unpaired) electrons. The second kappa shape index (κ2) is 29.8. The lowest BCUT2D eigenvalue weighted by Crippen LogP contribution is -2.47. The first-order chi connectivity index (χ1) is 19.9. The lowest BCUT2D eigenvalue weighted by Gasteiger charge is -2.25. The number of hydrogen-bond acceptors (Lipinski definition) is 7. The summed E-state index contributed by atoms with van der Waals surface area (Å²) in [5.74, 6) is -0.460. The van der Waals surface area contributed by atoms with Gasteiger partial charge in [0.2, 0.25) is 0 Å². The van der Waals surface area contributed by atoms with E-state index < -0.39 is 43.6 Å². The van der Waals surface area contributed by atoms with E-state index in [9.17, 15) is 25.2 Å². The standard InChI is InChI=1S/C33H66O7/c1-2-3-4-5-6-7-8-9-10-11-12-13-14-15-16-17-18-19-20-21-22-23-24-25-26-31(37)40-28-30(36)33(39)32(38)29(35)27-34/h29-30,32-36,38-39H,2-28H2,1H3/t29-,30+,32+,33+/m0/s1/i1D. The topological polar surface area (TPSA) is 127 Å². The molecular formula is C33H66O7. The zero-order valence-corrected chi connectivity index (χ0v) is 25.7. The molecule has 4 atom stereocenters. The van der Waals surface area contributed by atoms with Crippen LogP contribution in [0, 0.1) is 0 Å². The molecule has 0 saturated heterocycles. The Bertz CT molecular complexity index is 552. The SMILES string of the molecule is [2H]CCCCCCCCCCCCCCCCCCCCCCCCCCC(=O)OC[C@@H](O)[C@@H](O)[C@H](O)[C@@H](O)CO. The Labute approximate surface area is 247 Å². The second-order valence-electron chi connectivity index (χ2n) is 11.7. The molecule has 7 heteroatoms. The van der Waals surface area contributed by atoms with E-state index >= 15 is 0 Å². The van der Waals surface area contributed by atoms with Gasteiger partial charge >= 0.3 is 5.97 Å². The van der Waals surface area contributed by atoms with Gasteiger partial charge in [-0.1, -0.05) is 155 Å². The fourth-order valence-electron chi connectivity index (χ4n) is 5.07. The first-order valence-corrected chi connectivity index (χ1v) is 16.7. The van der Waals surface area contributed by atoms with E-state index in [-0.39, 0.29) is 6.42 Å². The summed E-state index contributed by atoms with van der Waals surface area (Å²) >= 11 is 0. The molecule has 40 heavy (non-hydrogen) atoms. The Kier molecular flexibility index (Phi) is 27.7. The predicted molar refractivity (Wildman–Crippen MR) is 163 cm³/mol. The van der Waals surface area contributed by atoms with Gasteiger partial charge in [-0.2, -0.15) is 0 Å². The highest BCUT2D eigenvalue weighted by Crippen LogP contribution is 2.16. The fourth-order valence-corrected chi connectivity index (χ4v) is 5.07. The molecule has 0 spiro atoms. The molecule has 0 fully saturated rings. The quantitative estimate of drug-likeness (QED) is 0.0458. The van der Waals surface area contributed by atoms with Gasteiger partial charge in [0.25, 0.3) is 0 Å². The summed E-state index contributed by atoms with van der Waals surface area (Å²) in [5.41, 5.74) is 0. The summed E-state index contributed by atoms with van der Waals surface area (Å²) < 4.78 is 12.1. The number of esters is 1. The van der Waals surface area contributed by atoms with Gasteiger partial charge < -0.3 is 30.3 Å². The Balaban J connectivity index is 3.30. The van der Waals surface area contributed by atoms with E-state index in [2.05, 4.69) is 0 Å². The highest BCUT2D eigenvalue weighted by molar-refractivity contribution is 5.69. The average Bonchev–Trinajstić information content (AvgIpc) is 2.98. The largest absolute Gasteiger partial charge is 0.463 e. The third kappa shape index (κ3) is 25.0. The van der Waals surface area contributed by atoms with Crippen LogP contribution >= 0.6 is 0 Å². The van der Waals surface area contributed by atoms with Gasteiger partial charge in [0.05, 0.1) is 6.61 Å². The molecule has 0 aliphatic rings. The number of carbonyl (C=O) groups is 1. The minimum atomic E-state index is -1.72. The molecule has 0 heterocycles. The summed E-state index contributed by atoms with van der Waals surface area (Å²) in [7, 11) is 0. The summed E-state index contributed by atoms with van der Waals surface area (Å²) in [6.07, 6.45) is 24.6. The van der Waals surface area contributed by atoms with Crippen LogP contribution < -0.4 is 0 Å². The van der Waals surface area contributed by atoms with Gasteiger partial charge in [-0.15, -0.1) is 0 Å². The molecule has 0 aromatic carbocycles. The van der Waals surface area contributed by atoms with Gasteiger partial charge in [-0.05, 0) is 6.42 Å². The van der Waals surface area contributed by atoms with Gasteiger partial charge in [0.1, 0.15) is 31.0 Å². The first-order valence-electron chi connectivity index (χ1n) is 17.4. The Morgan fingerprint density at radius 2 is 0.875 bits per heavy atom. The van der Waals surface area contributed by atoms with Crippen molar-refractivity contribution in [1.82, 2.24) is 0 Å². The third-order valence-corrected chi connectivity index (χ3v) is 7.87. The molecule has 0 rings (SSSR count). The van der Waals surface area contributed by atoms with Crippen molar-refractivity contribution < 1.29 is 36.4 Å². The van der Waals surface area contributed by atoms with Crippen LogP contribution in [-0.4, -0.2) is 69.1 Å². The van der Waals surface area contributed by atoms with E-state index in [1.165, 1.54) is 128 Å². The van der Waals surface area contributed by atoms with Crippen molar-refractivity contribution in [3.63, 3.8) is 0 Å². The number of ether oxygens (including phenoxy) is 1. The minimum Gasteiger partial charge on any atom is -0.463 e. The summed E-state index contributed by atoms with van der Waals surface area (Å²) in [4.78, 5) is 11.8. The molecule has 0 unspecified atom stereocenters. The van der Waals surface area contributed by atoms with Crippen LogP contribution in [0.3, 0.4) is 0 Å². The zero-order chi connectivity index (χ0) is 30.4. The van der Waals surface area contributed by atoms with Crippen molar-refractivity contribution in [2.75, 3.05) is 13.2 Å². The molecule has 0 aromatic rings. The summed E-state index contributed by atoms with van der Waals surface area (Å²) in [6, 6.07) is 0. The van der Waals surface area contributed by atoms with Gasteiger partial charge in [0.15, 0.2) is 0 Å². The molecule has 0 aliphatic carbocycles. The minimum absolute atomic E-state index is 0.250. The average molecular weight is 576 g/mol. The molecule has 5 N–H and O–H groups in total. The van der Waals surface area contributed by atoms with E-state index in [4.69, 9.17) is 11.2 Å². The molecule has 0 aliphatic heterocycles. The van der Waals surface area contributed by atoms with E-state index in [0.717, 1.165) is 25.7 Å². The van der Waals surface area contributed by atoms with Crippen molar-refractivity contribution >= 4 is 5.97 Å². The second-order valence-corrected chi connectivity index (χ2v) is 11.7. The van der Waals surface area contributed by atoms with Crippen molar-refractivity contribution in [2.45, 2.75) is 192 Å². The van der Waals surface area contributed by atoms with Crippen LogP contribution in [0.2, 0.25) is 0 Å².